The number of aromatic nitrogens is 1. The van der Waals surface area contributed by atoms with E-state index < -0.39 is 0 Å². The van der Waals surface area contributed by atoms with Crippen LogP contribution in [0.4, 0.5) is 5.13 Å². The number of thiazole rings is 1. The highest BCUT2D eigenvalue weighted by Gasteiger charge is 2.12. The number of nitrogens with zero attached hydrogens (tertiary/aromatic N) is 2. The Morgan fingerprint density at radius 2 is 2.06 bits per heavy atom. The van der Waals surface area contributed by atoms with Crippen molar-refractivity contribution in [3.63, 3.8) is 0 Å². The van der Waals surface area contributed by atoms with Crippen molar-refractivity contribution in [3.8, 4) is 0 Å². The maximum atomic E-state index is 4.59. The van der Waals surface area contributed by atoms with Crippen molar-refractivity contribution in [1.82, 2.24) is 9.99 Å². The van der Waals surface area contributed by atoms with Crippen molar-refractivity contribution in [2.75, 3.05) is 18.5 Å². The Bertz CT molecular complexity index is 519. The summed E-state index contributed by atoms with van der Waals surface area (Å²) >= 11 is 5.20. The van der Waals surface area contributed by atoms with Gasteiger partial charge >= 0.3 is 0 Å². The van der Waals surface area contributed by atoms with Gasteiger partial charge in [0.2, 0.25) is 0 Å². The lowest BCUT2D eigenvalue weighted by Crippen LogP contribution is -2.34. The van der Waals surface area contributed by atoms with E-state index in [-0.39, 0.29) is 0 Å². The Morgan fingerprint density at radius 3 is 2.88 bits per heavy atom. The van der Waals surface area contributed by atoms with Crippen molar-refractivity contribution >= 4 is 42.6 Å². The van der Waals surface area contributed by atoms with Crippen molar-refractivity contribution in [3.05, 3.63) is 22.7 Å². The highest BCUT2D eigenvalue weighted by atomic mass is 79.9. The molecule has 0 saturated carbocycles. The average molecular weight is 312 g/mol. The van der Waals surface area contributed by atoms with Crippen LogP contribution in [-0.2, 0) is 0 Å². The summed E-state index contributed by atoms with van der Waals surface area (Å²) in [7, 11) is 0. The molecule has 0 radical (unpaired) electrons. The molecule has 2 aromatic rings. The minimum Gasteiger partial charge on any atom is -0.294 e. The zero-order chi connectivity index (χ0) is 11.7. The summed E-state index contributed by atoms with van der Waals surface area (Å²) in [5.74, 6) is 0. The molecular formula is C12H14BrN3S. The summed E-state index contributed by atoms with van der Waals surface area (Å²) < 4.78 is 2.33. The maximum Gasteiger partial charge on any atom is 0.198 e. The fraction of sp³-hybridized carbons (Fsp3) is 0.417. The molecule has 0 aliphatic carbocycles. The molecule has 3 nitrogen and oxygen atoms in total. The molecule has 0 bridgehead atoms. The van der Waals surface area contributed by atoms with Crippen LogP contribution in [0.1, 0.15) is 19.3 Å². The van der Waals surface area contributed by atoms with Gasteiger partial charge < -0.3 is 0 Å². The molecule has 0 spiro atoms. The van der Waals surface area contributed by atoms with Gasteiger partial charge in [0.1, 0.15) is 0 Å². The van der Waals surface area contributed by atoms with E-state index in [4.69, 9.17) is 0 Å². The van der Waals surface area contributed by atoms with Crippen LogP contribution in [0.3, 0.4) is 0 Å². The van der Waals surface area contributed by atoms with Crippen molar-refractivity contribution < 1.29 is 0 Å². The first kappa shape index (κ1) is 11.4. The lowest BCUT2D eigenvalue weighted by atomic mass is 10.2. The Balaban J connectivity index is 1.80. The van der Waals surface area contributed by atoms with E-state index in [0.29, 0.717) is 0 Å². The second kappa shape index (κ2) is 4.92. The highest BCUT2D eigenvalue weighted by molar-refractivity contribution is 9.10. The average Bonchev–Trinajstić information content (AvgIpc) is 2.71. The van der Waals surface area contributed by atoms with Gasteiger partial charge in [-0.25, -0.2) is 9.99 Å². The Kier molecular flexibility index (Phi) is 3.31. The third kappa shape index (κ3) is 2.61. The number of fused-ring (bicyclic) bond motifs is 1. The summed E-state index contributed by atoms with van der Waals surface area (Å²) in [6.07, 6.45) is 3.91. The molecule has 90 valence electrons. The molecule has 1 aliphatic heterocycles. The van der Waals surface area contributed by atoms with Crippen LogP contribution in [0.5, 0.6) is 0 Å². The SMILES string of the molecule is Brc1ccc2nc(NN3CCCCC3)sc2c1. The van der Waals surface area contributed by atoms with Crippen molar-refractivity contribution in [1.29, 1.82) is 0 Å². The topological polar surface area (TPSA) is 28.2 Å². The molecule has 1 aromatic heterocycles. The molecule has 5 heteroatoms. The summed E-state index contributed by atoms with van der Waals surface area (Å²) in [6, 6.07) is 6.21. The van der Waals surface area contributed by atoms with E-state index >= 15 is 0 Å². The maximum absolute atomic E-state index is 4.59. The second-order valence-electron chi connectivity index (χ2n) is 4.29. The van der Waals surface area contributed by atoms with Gasteiger partial charge in [0.25, 0.3) is 0 Å². The van der Waals surface area contributed by atoms with E-state index in [9.17, 15) is 0 Å². The van der Waals surface area contributed by atoms with Gasteiger partial charge in [-0.15, -0.1) is 0 Å². The first-order chi connectivity index (χ1) is 8.31. The number of piperidine rings is 1. The van der Waals surface area contributed by atoms with Crippen LogP contribution in [0, 0.1) is 0 Å². The summed E-state index contributed by atoms with van der Waals surface area (Å²) in [5.41, 5.74) is 4.48. The quantitative estimate of drug-likeness (QED) is 0.912. The van der Waals surface area contributed by atoms with E-state index in [1.165, 1.54) is 24.0 Å². The lowest BCUT2D eigenvalue weighted by molar-refractivity contribution is 0.273. The van der Waals surface area contributed by atoms with Gasteiger partial charge in [0.15, 0.2) is 5.13 Å². The van der Waals surface area contributed by atoms with E-state index in [1.807, 2.05) is 6.07 Å². The normalized spacial score (nSPS) is 17.5. The molecular weight excluding hydrogens is 298 g/mol. The van der Waals surface area contributed by atoms with Crippen molar-refractivity contribution in [2.45, 2.75) is 19.3 Å². The molecule has 1 N–H and O–H groups in total. The van der Waals surface area contributed by atoms with Gasteiger partial charge in [-0.3, -0.25) is 5.43 Å². The van der Waals surface area contributed by atoms with Gasteiger partial charge in [-0.1, -0.05) is 33.7 Å². The predicted octanol–water partition coefficient (Wildman–Crippen LogP) is 3.87. The summed E-state index contributed by atoms with van der Waals surface area (Å²) in [5, 5.41) is 3.27. The zero-order valence-corrected chi connectivity index (χ0v) is 11.9. The monoisotopic (exact) mass is 311 g/mol. The fourth-order valence-electron chi connectivity index (χ4n) is 2.09. The number of hydrogen-bond donors (Lipinski definition) is 1. The van der Waals surface area contributed by atoms with Crippen LogP contribution < -0.4 is 5.43 Å². The molecule has 2 heterocycles. The van der Waals surface area contributed by atoms with Gasteiger partial charge in [0.05, 0.1) is 10.2 Å². The van der Waals surface area contributed by atoms with E-state index in [1.54, 1.807) is 11.3 Å². The standard InChI is InChI=1S/C12H14BrN3S/c13-9-4-5-10-11(8-9)17-12(14-10)15-16-6-2-1-3-7-16/h4-5,8H,1-3,6-7H2,(H,14,15). The zero-order valence-electron chi connectivity index (χ0n) is 9.45. The molecule has 0 amide bonds. The number of benzene rings is 1. The highest BCUT2D eigenvalue weighted by Crippen LogP contribution is 2.29. The largest absolute Gasteiger partial charge is 0.294 e. The first-order valence-corrected chi connectivity index (χ1v) is 7.50. The summed E-state index contributed by atoms with van der Waals surface area (Å²) in [4.78, 5) is 4.59. The number of anilines is 1. The Morgan fingerprint density at radius 1 is 1.24 bits per heavy atom. The number of halogens is 1. The predicted molar refractivity (Wildman–Crippen MR) is 76.4 cm³/mol. The molecule has 1 aromatic carbocycles. The van der Waals surface area contributed by atoms with Crippen LogP contribution >= 0.6 is 27.3 Å². The molecule has 0 unspecified atom stereocenters. The van der Waals surface area contributed by atoms with Crippen LogP contribution in [-0.4, -0.2) is 23.1 Å². The molecule has 1 aliphatic rings. The van der Waals surface area contributed by atoms with E-state index in [0.717, 1.165) is 28.2 Å². The number of rotatable bonds is 2. The second-order valence-corrected chi connectivity index (χ2v) is 6.24. The van der Waals surface area contributed by atoms with Crippen LogP contribution in [0.25, 0.3) is 10.2 Å². The Hall–Kier alpha value is -0.650. The van der Waals surface area contributed by atoms with Crippen molar-refractivity contribution in [2.24, 2.45) is 0 Å². The molecule has 0 atom stereocenters. The van der Waals surface area contributed by atoms with Gasteiger partial charge in [0, 0.05) is 17.6 Å². The minimum atomic E-state index is 1.00. The molecule has 1 fully saturated rings. The van der Waals surface area contributed by atoms with Gasteiger partial charge in [-0.2, -0.15) is 0 Å². The Labute approximate surface area is 113 Å². The van der Waals surface area contributed by atoms with E-state index in [2.05, 4.69) is 43.5 Å². The smallest absolute Gasteiger partial charge is 0.198 e. The number of hydrogen-bond acceptors (Lipinski definition) is 4. The number of nitrogens with one attached hydrogen (secondary N) is 1. The number of hydrazine groups is 1. The third-order valence-corrected chi connectivity index (χ3v) is 4.38. The van der Waals surface area contributed by atoms with Gasteiger partial charge in [-0.05, 0) is 31.0 Å². The lowest BCUT2D eigenvalue weighted by Gasteiger charge is -2.26. The molecule has 1 saturated heterocycles. The van der Waals surface area contributed by atoms with Crippen LogP contribution in [0.15, 0.2) is 22.7 Å². The molecule has 17 heavy (non-hydrogen) atoms. The fourth-order valence-corrected chi connectivity index (χ4v) is 3.53. The minimum absolute atomic E-state index is 1.00. The first-order valence-electron chi connectivity index (χ1n) is 5.89. The molecule has 3 rings (SSSR count). The third-order valence-electron chi connectivity index (χ3n) is 2.96. The van der Waals surface area contributed by atoms with Crippen LogP contribution in [0.2, 0.25) is 0 Å². The summed E-state index contributed by atoms with van der Waals surface area (Å²) in [6.45, 7) is 2.25.